The van der Waals surface area contributed by atoms with Crippen molar-refractivity contribution in [3.8, 4) is 11.1 Å². The Morgan fingerprint density at radius 2 is 1.21 bits per heavy atom. The van der Waals surface area contributed by atoms with Crippen LogP contribution in [0.5, 0.6) is 0 Å². The molecule has 0 heterocycles. The molecule has 3 aromatic rings. The zero-order valence-corrected chi connectivity index (χ0v) is 18.1. The van der Waals surface area contributed by atoms with E-state index in [1.165, 1.54) is 36.4 Å². The van der Waals surface area contributed by atoms with Crippen LogP contribution >= 0.6 is 0 Å². The third kappa shape index (κ3) is 5.35. The van der Waals surface area contributed by atoms with Crippen molar-refractivity contribution in [1.29, 1.82) is 0 Å². The summed E-state index contributed by atoms with van der Waals surface area (Å²) in [5.74, 6) is -1.88. The minimum atomic E-state index is -4.92. The molecule has 0 saturated heterocycles. The molecule has 0 bridgehead atoms. The molecule has 0 atom stereocenters. The van der Waals surface area contributed by atoms with Crippen LogP contribution in [0.4, 0.5) is 11.4 Å². The number of carboxylic acids is 1. The number of benzene rings is 3. The van der Waals surface area contributed by atoms with E-state index in [2.05, 4.69) is 5.32 Å². The van der Waals surface area contributed by atoms with E-state index in [1.54, 1.807) is 0 Å². The first-order chi connectivity index (χ1) is 15.3. The van der Waals surface area contributed by atoms with Gasteiger partial charge in [-0.1, -0.05) is 12.1 Å². The van der Waals surface area contributed by atoms with E-state index < -0.39 is 41.9 Å². The number of nitrogens with one attached hydrogen (secondary N) is 1. The highest BCUT2D eigenvalue weighted by Gasteiger charge is 2.24. The minimum Gasteiger partial charge on any atom is -0.478 e. The van der Waals surface area contributed by atoms with Gasteiger partial charge in [0.2, 0.25) is 0 Å². The van der Waals surface area contributed by atoms with E-state index >= 15 is 0 Å². The van der Waals surface area contributed by atoms with E-state index in [-0.39, 0.29) is 33.6 Å². The van der Waals surface area contributed by atoms with Gasteiger partial charge in [-0.05, 0) is 48.5 Å². The molecule has 172 valence electrons. The fourth-order valence-electron chi connectivity index (χ4n) is 2.98. The number of hydrogen-bond acceptors (Lipinski definition) is 7. The third-order valence-electron chi connectivity index (χ3n) is 4.49. The average Bonchev–Trinajstić information content (AvgIpc) is 2.72. The molecule has 0 radical (unpaired) electrons. The van der Waals surface area contributed by atoms with Gasteiger partial charge < -0.3 is 16.2 Å². The van der Waals surface area contributed by atoms with Crippen LogP contribution in [-0.4, -0.2) is 42.9 Å². The third-order valence-corrected chi connectivity index (χ3v) is 6.27. The summed E-state index contributed by atoms with van der Waals surface area (Å²) in [5, 5.41) is 11.3. The average molecular weight is 492 g/mol. The maximum absolute atomic E-state index is 12.4. The number of rotatable bonds is 6. The molecule has 0 aromatic heterocycles. The van der Waals surface area contributed by atoms with Gasteiger partial charge in [-0.3, -0.25) is 13.9 Å². The highest BCUT2D eigenvalue weighted by Crippen LogP contribution is 2.35. The lowest BCUT2D eigenvalue weighted by atomic mass is 10.0. The van der Waals surface area contributed by atoms with Gasteiger partial charge in [0.15, 0.2) is 0 Å². The summed E-state index contributed by atoms with van der Waals surface area (Å²) in [6, 6.07) is 11.6. The molecule has 3 rings (SSSR count). The summed E-state index contributed by atoms with van der Waals surface area (Å²) in [6.45, 7) is 0. The zero-order chi connectivity index (χ0) is 24.6. The lowest BCUT2D eigenvalue weighted by Gasteiger charge is -2.14. The highest BCUT2D eigenvalue weighted by molar-refractivity contribution is 7.86. The van der Waals surface area contributed by atoms with Crippen LogP contribution in [0.2, 0.25) is 0 Å². The van der Waals surface area contributed by atoms with E-state index in [0.717, 1.165) is 24.3 Å². The molecular weight excluding hydrogens is 476 g/mol. The summed E-state index contributed by atoms with van der Waals surface area (Å²) >= 11 is 0. The van der Waals surface area contributed by atoms with Crippen molar-refractivity contribution in [1.82, 2.24) is 0 Å². The van der Waals surface area contributed by atoms with Gasteiger partial charge in [0.1, 0.15) is 9.79 Å². The quantitative estimate of drug-likeness (QED) is 0.251. The number of carboxylic acid groups (broad SMARTS) is 1. The summed E-state index contributed by atoms with van der Waals surface area (Å²) in [4.78, 5) is 21.9. The monoisotopic (exact) mass is 492 g/mol. The molecule has 6 N–H and O–H groups in total. The molecule has 0 saturated carbocycles. The molecule has 33 heavy (non-hydrogen) atoms. The number of carbonyl (C=O) groups excluding carboxylic acids is 1. The van der Waals surface area contributed by atoms with Crippen molar-refractivity contribution in [3.05, 3.63) is 71.8 Å². The van der Waals surface area contributed by atoms with Crippen LogP contribution in [0.3, 0.4) is 0 Å². The number of nitrogens with two attached hydrogens (primary N) is 1. The Bertz CT molecular complexity index is 1480. The maximum atomic E-state index is 12.4. The number of hydrogen-bond donors (Lipinski definition) is 5. The van der Waals surface area contributed by atoms with Crippen LogP contribution in [0.25, 0.3) is 11.1 Å². The Morgan fingerprint density at radius 1 is 0.727 bits per heavy atom. The van der Waals surface area contributed by atoms with Crippen LogP contribution in [0, 0.1) is 0 Å². The molecule has 0 aliphatic rings. The Kier molecular flexibility index (Phi) is 6.24. The van der Waals surface area contributed by atoms with E-state index in [1.807, 2.05) is 0 Å². The smallest absolute Gasteiger partial charge is 0.335 e. The largest absolute Gasteiger partial charge is 0.478 e. The fourth-order valence-corrected chi connectivity index (χ4v) is 4.45. The zero-order valence-electron chi connectivity index (χ0n) is 16.5. The first-order valence-electron chi connectivity index (χ1n) is 8.91. The lowest BCUT2D eigenvalue weighted by Crippen LogP contribution is -2.13. The van der Waals surface area contributed by atoms with Crippen molar-refractivity contribution < 1.29 is 40.6 Å². The highest BCUT2D eigenvalue weighted by atomic mass is 32.2. The molecular formula is C20H16N2O9S2. The normalized spacial score (nSPS) is 11.7. The van der Waals surface area contributed by atoms with Crippen molar-refractivity contribution in [2.45, 2.75) is 9.79 Å². The van der Waals surface area contributed by atoms with Crippen molar-refractivity contribution in [2.24, 2.45) is 0 Å². The number of amides is 1. The van der Waals surface area contributed by atoms with Gasteiger partial charge in [-0.15, -0.1) is 0 Å². The fraction of sp³-hybridized carbons (Fsp3) is 0. The van der Waals surface area contributed by atoms with Crippen molar-refractivity contribution in [2.75, 3.05) is 11.1 Å². The Labute approximate surface area is 188 Å². The second-order valence-electron chi connectivity index (χ2n) is 6.75. The van der Waals surface area contributed by atoms with Gasteiger partial charge in [0.25, 0.3) is 26.1 Å². The lowest BCUT2D eigenvalue weighted by molar-refractivity contribution is 0.0696. The topological polar surface area (TPSA) is 201 Å². The molecule has 3 aromatic carbocycles. The molecule has 13 heteroatoms. The Hall–Kier alpha value is -3.78. The maximum Gasteiger partial charge on any atom is 0.335 e. The van der Waals surface area contributed by atoms with Gasteiger partial charge in [-0.25, -0.2) is 4.79 Å². The molecule has 0 aliphatic carbocycles. The Morgan fingerprint density at radius 3 is 1.73 bits per heavy atom. The molecule has 1 amide bonds. The predicted octanol–water partition coefficient (Wildman–Crippen LogP) is 2.38. The number of nitrogen functional groups attached to an aromatic ring is 1. The van der Waals surface area contributed by atoms with Crippen LogP contribution in [-0.2, 0) is 20.2 Å². The predicted molar refractivity (Wildman–Crippen MR) is 117 cm³/mol. The second kappa shape index (κ2) is 8.63. The summed E-state index contributed by atoms with van der Waals surface area (Å²) < 4.78 is 66.8. The van der Waals surface area contributed by atoms with E-state index in [4.69, 9.17) is 10.8 Å². The Balaban J connectivity index is 2.06. The van der Waals surface area contributed by atoms with Gasteiger partial charge in [-0.2, -0.15) is 16.8 Å². The van der Waals surface area contributed by atoms with E-state index in [9.17, 15) is 35.5 Å². The molecule has 0 aliphatic heterocycles. The van der Waals surface area contributed by atoms with Crippen molar-refractivity contribution in [3.63, 3.8) is 0 Å². The summed E-state index contributed by atoms with van der Waals surface area (Å²) in [5.41, 5.74) is 5.00. The van der Waals surface area contributed by atoms with Gasteiger partial charge in [0.05, 0.1) is 5.56 Å². The first-order valence-corrected chi connectivity index (χ1v) is 11.8. The van der Waals surface area contributed by atoms with Crippen LogP contribution in [0.15, 0.2) is 70.5 Å². The molecule has 11 nitrogen and oxygen atoms in total. The SMILES string of the molecule is Nc1ccc(-c2ccc(NC(=O)c3ccc(C(=O)O)cc3)cc2S(=O)(=O)O)c(S(=O)(=O)O)c1. The summed E-state index contributed by atoms with van der Waals surface area (Å²) in [7, 11) is -9.73. The molecule has 0 unspecified atom stereocenters. The van der Waals surface area contributed by atoms with E-state index in [0.29, 0.717) is 0 Å². The molecule has 0 fully saturated rings. The number of anilines is 2. The summed E-state index contributed by atoms with van der Waals surface area (Å²) in [6.07, 6.45) is 0. The number of carbonyl (C=O) groups is 2. The van der Waals surface area contributed by atoms with Gasteiger partial charge in [0, 0.05) is 28.1 Å². The molecule has 0 spiro atoms. The van der Waals surface area contributed by atoms with Gasteiger partial charge >= 0.3 is 5.97 Å². The second-order valence-corrected chi connectivity index (χ2v) is 9.53. The first kappa shape index (κ1) is 23.9. The number of aromatic carboxylic acids is 1. The van der Waals surface area contributed by atoms with Crippen LogP contribution in [0.1, 0.15) is 20.7 Å². The minimum absolute atomic E-state index is 0.0161. The standard InChI is InChI=1S/C20H16N2O9S2/c21-13-5-7-15(17(9-13)32(26,27)28)16-8-6-14(10-18(16)33(29,30)31)22-19(23)11-1-3-12(4-2-11)20(24)25/h1-10H,21H2,(H,22,23)(H,24,25)(H,26,27,28)(H,29,30,31). The van der Waals surface area contributed by atoms with Crippen molar-refractivity contribution >= 4 is 43.5 Å². The van der Waals surface area contributed by atoms with Crippen LogP contribution < -0.4 is 11.1 Å².